The summed E-state index contributed by atoms with van der Waals surface area (Å²) in [7, 11) is 0. The van der Waals surface area contributed by atoms with Crippen molar-refractivity contribution in [1.29, 1.82) is 0 Å². The molecule has 284 valence electrons. The molecule has 0 aliphatic heterocycles. The smallest absolute Gasteiger partial charge is 0.0540 e. The van der Waals surface area contributed by atoms with Gasteiger partial charge in [-0.1, -0.05) is 140 Å². The van der Waals surface area contributed by atoms with E-state index in [2.05, 4.69) is 260 Å². The molecule has 0 bridgehead atoms. The summed E-state index contributed by atoms with van der Waals surface area (Å²) in [6.45, 7) is 8.54. The molecule has 0 saturated heterocycles. The van der Waals surface area contributed by atoms with Crippen LogP contribution in [0.4, 0.5) is 51.2 Å². The van der Waals surface area contributed by atoms with Gasteiger partial charge >= 0.3 is 0 Å². The van der Waals surface area contributed by atoms with Crippen molar-refractivity contribution in [2.24, 2.45) is 0 Å². The summed E-state index contributed by atoms with van der Waals surface area (Å²) >= 11 is 0. The van der Waals surface area contributed by atoms with Gasteiger partial charge < -0.3 is 14.7 Å². The van der Waals surface area contributed by atoms with Crippen molar-refractivity contribution in [3.63, 3.8) is 0 Å². The van der Waals surface area contributed by atoms with Crippen LogP contribution < -0.4 is 25.1 Å². The maximum absolute atomic E-state index is 4.33. The van der Waals surface area contributed by atoms with Gasteiger partial charge in [0.15, 0.2) is 0 Å². The summed E-state index contributed by atoms with van der Waals surface area (Å²) in [5.41, 5.74) is 13.4. The van der Waals surface area contributed by atoms with Crippen molar-refractivity contribution < 1.29 is 0 Å². The highest BCUT2D eigenvalue weighted by atomic mass is 15.2. The fourth-order valence-corrected chi connectivity index (χ4v) is 8.04. The fourth-order valence-electron chi connectivity index (χ4n) is 8.04. The lowest BCUT2D eigenvalue weighted by atomic mass is 10.0. The minimum atomic E-state index is 1.01. The number of benzene rings is 9. The van der Waals surface area contributed by atoms with Crippen molar-refractivity contribution >= 4 is 74.6 Å². The van der Waals surface area contributed by atoms with Crippen molar-refractivity contribution in [2.75, 3.05) is 14.7 Å². The molecule has 0 spiro atoms. The van der Waals surface area contributed by atoms with Gasteiger partial charge in [-0.05, 0) is 133 Å². The van der Waals surface area contributed by atoms with E-state index in [0.29, 0.717) is 0 Å². The summed E-state index contributed by atoms with van der Waals surface area (Å²) in [6, 6.07) is 78.0. The summed E-state index contributed by atoms with van der Waals surface area (Å²) in [6.07, 6.45) is 2.15. The first-order valence-electron chi connectivity index (χ1n) is 20.2. The van der Waals surface area contributed by atoms with Crippen molar-refractivity contribution in [3.05, 3.63) is 234 Å². The number of hydrogen-bond donors (Lipinski definition) is 0. The lowest BCUT2D eigenvalue weighted by Gasteiger charge is -2.29. The van der Waals surface area contributed by atoms with Gasteiger partial charge in [-0.15, -0.1) is 0 Å². The van der Waals surface area contributed by atoms with Gasteiger partial charge in [-0.3, -0.25) is 0 Å². The Morgan fingerprint density at radius 2 is 0.746 bits per heavy atom. The van der Waals surface area contributed by atoms with Gasteiger partial charge in [0.1, 0.15) is 0 Å². The molecule has 0 saturated carbocycles. The third-order valence-electron chi connectivity index (χ3n) is 11.0. The van der Waals surface area contributed by atoms with Gasteiger partial charge in [0.05, 0.1) is 11.4 Å². The molecule has 0 radical (unpaired) electrons. The van der Waals surface area contributed by atoms with Crippen LogP contribution in [-0.4, -0.2) is 0 Å². The summed E-state index contributed by atoms with van der Waals surface area (Å²) < 4.78 is 0. The molecule has 0 N–H and O–H groups in total. The SMILES string of the molecule is C=c1cccc(N(c2ccc(C)cc2)c2ccc(-c3ccc(N(c4ccc(N(c5ccccc5)c5ccccc5)cc4)c4cccc5ccccc45)cc3)cc2)c1=CC. The molecule has 9 aromatic rings. The van der Waals surface area contributed by atoms with Gasteiger partial charge in [-0.2, -0.15) is 0 Å². The molecule has 0 heterocycles. The van der Waals surface area contributed by atoms with Crippen LogP contribution in [0, 0.1) is 6.92 Å². The van der Waals surface area contributed by atoms with E-state index >= 15 is 0 Å². The van der Waals surface area contributed by atoms with Crippen LogP contribution in [0.15, 0.2) is 218 Å². The predicted molar refractivity (Wildman–Crippen MR) is 253 cm³/mol. The second kappa shape index (κ2) is 16.5. The Balaban J connectivity index is 1.08. The highest BCUT2D eigenvalue weighted by Crippen LogP contribution is 2.42. The van der Waals surface area contributed by atoms with Crippen LogP contribution in [0.25, 0.3) is 34.6 Å². The third kappa shape index (κ3) is 7.50. The number of hydrogen-bond acceptors (Lipinski definition) is 3. The number of aryl methyl sites for hydroxylation is 1. The quantitative estimate of drug-likeness (QED) is 0.137. The minimum Gasteiger partial charge on any atom is -0.311 e. The Morgan fingerprint density at radius 3 is 1.29 bits per heavy atom. The van der Waals surface area contributed by atoms with Crippen LogP contribution in [0.2, 0.25) is 0 Å². The minimum absolute atomic E-state index is 1.01. The van der Waals surface area contributed by atoms with E-state index in [1.54, 1.807) is 0 Å². The van der Waals surface area contributed by atoms with Crippen LogP contribution >= 0.6 is 0 Å². The molecule has 0 aliphatic carbocycles. The Bertz CT molecular complexity index is 2900. The normalized spacial score (nSPS) is 11.4. The Kier molecular flexibility index (Phi) is 10.3. The first-order valence-corrected chi connectivity index (χ1v) is 20.2. The van der Waals surface area contributed by atoms with E-state index in [1.165, 1.54) is 16.3 Å². The zero-order valence-electron chi connectivity index (χ0n) is 33.4. The molecule has 9 aromatic carbocycles. The molecule has 9 rings (SSSR count). The maximum Gasteiger partial charge on any atom is 0.0540 e. The summed E-state index contributed by atoms with van der Waals surface area (Å²) in [5, 5.41) is 4.53. The highest BCUT2D eigenvalue weighted by Gasteiger charge is 2.19. The monoisotopic (exact) mass is 759 g/mol. The van der Waals surface area contributed by atoms with Crippen molar-refractivity contribution in [3.8, 4) is 11.1 Å². The van der Waals surface area contributed by atoms with Crippen LogP contribution in [-0.2, 0) is 0 Å². The van der Waals surface area contributed by atoms with Crippen LogP contribution in [0.5, 0.6) is 0 Å². The van der Waals surface area contributed by atoms with E-state index in [9.17, 15) is 0 Å². The third-order valence-corrected chi connectivity index (χ3v) is 11.0. The lowest BCUT2D eigenvalue weighted by molar-refractivity contribution is 1.25. The number of nitrogens with zero attached hydrogens (tertiary/aromatic N) is 3. The van der Waals surface area contributed by atoms with Crippen molar-refractivity contribution in [1.82, 2.24) is 0 Å². The van der Waals surface area contributed by atoms with E-state index < -0.39 is 0 Å². The van der Waals surface area contributed by atoms with Crippen LogP contribution in [0.3, 0.4) is 0 Å². The Morgan fingerprint density at radius 1 is 0.356 bits per heavy atom. The average Bonchev–Trinajstić information content (AvgIpc) is 3.29. The van der Waals surface area contributed by atoms with Gasteiger partial charge in [0.2, 0.25) is 0 Å². The Hall–Kier alpha value is -7.62. The van der Waals surface area contributed by atoms with E-state index in [4.69, 9.17) is 0 Å². The molecule has 0 unspecified atom stereocenters. The van der Waals surface area contributed by atoms with E-state index in [-0.39, 0.29) is 0 Å². The molecule has 0 aromatic heterocycles. The standard InChI is InChI=1S/C56H45N3/c1-4-53-42(3)15-13-23-55(53)58(49-31-25-41(2)26-32-49)50-33-27-43(28-34-50)44-29-35-51(36-30-44)59(56-24-14-17-45-16-11-12-22-54(45)56)52-39-37-48(38-40-52)57(46-18-7-5-8-19-46)47-20-9-6-10-21-47/h4-40H,3H2,1-2H3. The van der Waals surface area contributed by atoms with Gasteiger partial charge in [0.25, 0.3) is 0 Å². The molecule has 3 nitrogen and oxygen atoms in total. The lowest BCUT2D eigenvalue weighted by Crippen LogP contribution is -2.29. The molecule has 59 heavy (non-hydrogen) atoms. The second-order valence-corrected chi connectivity index (χ2v) is 14.8. The number of rotatable bonds is 10. The molecular formula is C56H45N3. The molecule has 3 heteroatoms. The molecule has 0 amide bonds. The zero-order chi connectivity index (χ0) is 40.1. The second-order valence-electron chi connectivity index (χ2n) is 14.8. The number of para-hydroxylation sites is 2. The van der Waals surface area contributed by atoms with Crippen molar-refractivity contribution in [2.45, 2.75) is 13.8 Å². The molecule has 0 fully saturated rings. The first kappa shape index (κ1) is 37.0. The first-order chi connectivity index (χ1) is 29.1. The average molecular weight is 760 g/mol. The van der Waals surface area contributed by atoms with E-state index in [1.807, 2.05) is 0 Å². The molecule has 0 atom stereocenters. The highest BCUT2D eigenvalue weighted by molar-refractivity contribution is 5.99. The summed E-state index contributed by atoms with van der Waals surface area (Å²) in [5.74, 6) is 0. The van der Waals surface area contributed by atoms with E-state index in [0.717, 1.165) is 72.8 Å². The van der Waals surface area contributed by atoms with Crippen LogP contribution in [0.1, 0.15) is 12.5 Å². The largest absolute Gasteiger partial charge is 0.311 e. The maximum atomic E-state index is 4.33. The Labute approximate surface area is 347 Å². The molecule has 0 aliphatic rings. The predicted octanol–water partition coefficient (Wildman–Crippen LogP) is 14.4. The number of fused-ring (bicyclic) bond motifs is 1. The molecular weight excluding hydrogens is 715 g/mol. The van der Waals surface area contributed by atoms with Gasteiger partial charge in [-0.25, -0.2) is 0 Å². The summed E-state index contributed by atoms with van der Waals surface area (Å²) in [4.78, 5) is 6.99. The van der Waals surface area contributed by atoms with Gasteiger partial charge in [0, 0.05) is 50.4 Å². The number of anilines is 9. The fraction of sp³-hybridized carbons (Fsp3) is 0.0357. The topological polar surface area (TPSA) is 9.72 Å². The zero-order valence-corrected chi connectivity index (χ0v) is 33.4.